The van der Waals surface area contributed by atoms with E-state index in [9.17, 15) is 0 Å². The second-order valence-corrected chi connectivity index (χ2v) is 25.2. The fraction of sp³-hybridized carbons (Fsp3) is 0.622. The highest BCUT2D eigenvalue weighted by Crippen LogP contribution is 2.71. The number of hydrogen-bond acceptors (Lipinski definition) is 0. The van der Waals surface area contributed by atoms with E-state index in [2.05, 4.69) is 154 Å². The molecule has 0 aliphatic heterocycles. The summed E-state index contributed by atoms with van der Waals surface area (Å²) < 4.78 is 0. The molecule has 0 unspecified atom stereocenters. The Morgan fingerprint density at radius 1 is 0.513 bits per heavy atom. The molecule has 0 heterocycles. The lowest BCUT2D eigenvalue weighted by Crippen LogP contribution is -2.48. The van der Waals surface area contributed by atoms with Gasteiger partial charge in [-0.3, -0.25) is 0 Å². The van der Waals surface area contributed by atoms with Gasteiger partial charge in [0.2, 0.25) is 0 Å². The van der Waals surface area contributed by atoms with E-state index in [1.54, 1.807) is 0 Å². The summed E-state index contributed by atoms with van der Waals surface area (Å²) >= 11 is 0. The van der Waals surface area contributed by atoms with E-state index in [1.807, 2.05) is 0 Å². The first-order valence-electron chi connectivity index (χ1n) is 15.4. The van der Waals surface area contributed by atoms with Crippen LogP contribution in [0.25, 0.3) is 0 Å². The Morgan fingerprint density at radius 3 is 1.10 bits per heavy atom. The summed E-state index contributed by atoms with van der Waals surface area (Å²) in [6.45, 7) is 28.3. The molecule has 0 bridgehead atoms. The smallest absolute Gasteiger partial charge is 0.116 e. The Kier molecular flexibility index (Phi) is 9.50. The third-order valence-corrected chi connectivity index (χ3v) is 23.3. The molecule has 0 nitrogen and oxygen atoms in total. The molecule has 39 heavy (non-hydrogen) atoms. The molecule has 2 atom stereocenters. The molecule has 0 aromatic rings. The highest BCUT2D eigenvalue weighted by Gasteiger charge is 2.64. The van der Waals surface area contributed by atoms with Crippen molar-refractivity contribution < 1.29 is 0 Å². The van der Waals surface area contributed by atoms with Gasteiger partial charge in [0.15, 0.2) is 0 Å². The van der Waals surface area contributed by atoms with Crippen molar-refractivity contribution in [2.45, 2.75) is 136 Å². The summed E-state index contributed by atoms with van der Waals surface area (Å²) in [7, 11) is -3.58. The van der Waals surface area contributed by atoms with Crippen molar-refractivity contribution in [2.75, 3.05) is 0 Å². The van der Waals surface area contributed by atoms with Crippen molar-refractivity contribution in [3.8, 4) is 46.6 Å². The van der Waals surface area contributed by atoms with Crippen molar-refractivity contribution in [3.05, 3.63) is 35.5 Å². The summed E-state index contributed by atoms with van der Waals surface area (Å²) in [5, 5.41) is 0. The molecular weight excluding hydrogens is 501 g/mol. The van der Waals surface area contributed by atoms with E-state index in [-0.39, 0.29) is 10.8 Å². The van der Waals surface area contributed by atoms with Gasteiger partial charge in [-0.05, 0) is 69.8 Å². The van der Waals surface area contributed by atoms with Gasteiger partial charge in [-0.25, -0.2) is 0 Å². The first kappa shape index (κ1) is 31.4. The van der Waals surface area contributed by atoms with Crippen molar-refractivity contribution >= 4 is 16.1 Å². The molecule has 0 spiro atoms. The molecule has 3 aliphatic rings. The van der Waals surface area contributed by atoms with Crippen LogP contribution in [0.1, 0.15) is 102 Å². The molecule has 208 valence electrons. The molecule has 2 heteroatoms. The maximum Gasteiger partial charge on any atom is 0.147 e. The van der Waals surface area contributed by atoms with E-state index in [0.29, 0.717) is 33.2 Å². The Hall–Kier alpha value is -2.11. The lowest BCUT2D eigenvalue weighted by Gasteiger charge is -2.53. The van der Waals surface area contributed by atoms with Crippen LogP contribution in [-0.2, 0) is 0 Å². The second kappa shape index (κ2) is 11.8. The van der Waals surface area contributed by atoms with E-state index in [1.165, 1.54) is 17.6 Å². The minimum atomic E-state index is -1.79. The van der Waals surface area contributed by atoms with E-state index in [4.69, 9.17) is 0 Å². The van der Waals surface area contributed by atoms with Crippen LogP contribution in [0.2, 0.25) is 33.2 Å². The topological polar surface area (TPSA) is 0 Å². The van der Waals surface area contributed by atoms with Crippen LogP contribution in [0.15, 0.2) is 35.5 Å². The minimum absolute atomic E-state index is 0.00282. The summed E-state index contributed by atoms with van der Waals surface area (Å²) in [6, 6.07) is 0. The zero-order valence-corrected chi connectivity index (χ0v) is 28.9. The molecule has 0 aromatic heterocycles. The van der Waals surface area contributed by atoms with Gasteiger partial charge in [-0.15, -0.1) is 11.1 Å². The predicted octanol–water partition coefficient (Wildman–Crippen LogP) is 10.0. The van der Waals surface area contributed by atoms with Crippen molar-refractivity contribution in [3.63, 3.8) is 0 Å². The van der Waals surface area contributed by atoms with Crippen LogP contribution in [0.5, 0.6) is 0 Å². The molecule has 3 aliphatic carbocycles. The molecule has 0 radical (unpaired) electrons. The number of allylic oxidation sites excluding steroid dienone is 6. The maximum atomic E-state index is 3.79. The fourth-order valence-electron chi connectivity index (χ4n) is 8.92. The molecule has 1 saturated carbocycles. The highest BCUT2D eigenvalue weighted by atomic mass is 28.3. The van der Waals surface area contributed by atoms with Crippen LogP contribution < -0.4 is 0 Å². The zero-order chi connectivity index (χ0) is 29.2. The largest absolute Gasteiger partial charge is 0.147 e. The zero-order valence-electron chi connectivity index (χ0n) is 26.9. The quantitative estimate of drug-likeness (QED) is 0.227. The summed E-state index contributed by atoms with van der Waals surface area (Å²) in [4.78, 5) is 0. The highest BCUT2D eigenvalue weighted by molar-refractivity contribution is 6.91. The SMILES string of the molecule is CC(C)[Si](C#CC#CC1=C(C#CC#C[Si](C(C)C)(C(C)C)C(C)C)[C@]23C=CC=C[C@]12CCC3)(C(C)C)C(C)C. The Balaban J connectivity index is 2.11. The van der Waals surface area contributed by atoms with Crippen LogP contribution in [-0.4, -0.2) is 16.1 Å². The molecule has 0 saturated heterocycles. The van der Waals surface area contributed by atoms with Crippen LogP contribution in [0.4, 0.5) is 0 Å². The Morgan fingerprint density at radius 2 is 0.821 bits per heavy atom. The summed E-state index contributed by atoms with van der Waals surface area (Å²) in [5.74, 6) is 20.6. The first-order chi connectivity index (χ1) is 18.3. The first-order valence-corrected chi connectivity index (χ1v) is 19.9. The van der Waals surface area contributed by atoms with Gasteiger partial charge in [-0.2, -0.15) is 0 Å². The van der Waals surface area contributed by atoms with Crippen molar-refractivity contribution in [2.24, 2.45) is 10.8 Å². The third kappa shape index (κ3) is 4.88. The maximum absolute atomic E-state index is 3.79. The molecule has 0 N–H and O–H groups in total. The van der Waals surface area contributed by atoms with Gasteiger partial charge in [0.1, 0.15) is 16.1 Å². The van der Waals surface area contributed by atoms with Gasteiger partial charge in [0, 0.05) is 22.0 Å². The van der Waals surface area contributed by atoms with Crippen LogP contribution in [0, 0.1) is 57.4 Å². The number of hydrogen-bond donors (Lipinski definition) is 0. The normalized spacial score (nSPS) is 23.5. The van der Waals surface area contributed by atoms with E-state index >= 15 is 0 Å². The van der Waals surface area contributed by atoms with Crippen molar-refractivity contribution in [1.82, 2.24) is 0 Å². The summed E-state index contributed by atoms with van der Waals surface area (Å²) in [5.41, 5.74) is 13.7. The monoisotopic (exact) mass is 552 g/mol. The summed E-state index contributed by atoms with van der Waals surface area (Å²) in [6.07, 6.45) is 12.7. The standard InChI is InChI=1S/C37H52Si2/c1-28(2)38(29(3)4,30(5)6)26-17-13-20-34-35(37-23-16-15-22-36(34,37)24-19-25-37)21-14-18-27-39(31(7)8,32(9)10)33(11)12/h15-16,22-23,28-33H,19,24-25H2,1-12H3/t36-,37+. The third-order valence-electron chi connectivity index (χ3n) is 10.7. The molecule has 0 aromatic carbocycles. The minimum Gasteiger partial charge on any atom is -0.116 e. The van der Waals surface area contributed by atoms with Gasteiger partial charge < -0.3 is 0 Å². The lowest BCUT2D eigenvalue weighted by molar-refractivity contribution is 0.232. The second-order valence-electron chi connectivity index (χ2n) is 14.1. The van der Waals surface area contributed by atoms with Gasteiger partial charge >= 0.3 is 0 Å². The van der Waals surface area contributed by atoms with E-state index < -0.39 is 16.1 Å². The van der Waals surface area contributed by atoms with Crippen LogP contribution >= 0.6 is 0 Å². The fourth-order valence-corrected chi connectivity index (χ4v) is 19.2. The lowest BCUT2D eigenvalue weighted by atomic mass is 9.47. The molecular formula is C37H52Si2. The van der Waals surface area contributed by atoms with Gasteiger partial charge in [0.05, 0.1) is 0 Å². The van der Waals surface area contributed by atoms with Gasteiger partial charge in [-0.1, -0.05) is 126 Å². The number of rotatable bonds is 6. The molecule has 1 fully saturated rings. The van der Waals surface area contributed by atoms with Crippen molar-refractivity contribution in [1.29, 1.82) is 0 Å². The van der Waals surface area contributed by atoms with Crippen LogP contribution in [0.3, 0.4) is 0 Å². The average Bonchev–Trinajstić information content (AvgIpc) is 3.19. The molecule has 3 rings (SSSR count). The molecule has 0 amide bonds. The Labute approximate surface area is 244 Å². The predicted molar refractivity (Wildman–Crippen MR) is 177 cm³/mol. The van der Waals surface area contributed by atoms with Gasteiger partial charge in [0.25, 0.3) is 0 Å². The Bertz CT molecular complexity index is 1140. The average molecular weight is 553 g/mol. The van der Waals surface area contributed by atoms with E-state index in [0.717, 1.165) is 12.8 Å².